The Labute approximate surface area is 85.2 Å². The zero-order valence-electron chi connectivity index (χ0n) is 7.64. The number of rotatable bonds is 4. The van der Waals surface area contributed by atoms with E-state index in [-0.39, 0.29) is 11.3 Å². The van der Waals surface area contributed by atoms with Gasteiger partial charge in [-0.25, -0.2) is 9.59 Å². The number of benzene rings is 1. The number of carboxylic acid groups (broad SMARTS) is 2. The van der Waals surface area contributed by atoms with E-state index in [0.717, 1.165) is 0 Å². The molecule has 0 aliphatic heterocycles. The van der Waals surface area contributed by atoms with Crippen molar-refractivity contribution in [3.8, 4) is 5.75 Å². The summed E-state index contributed by atoms with van der Waals surface area (Å²) in [5.41, 5.74) is 0.0192. The summed E-state index contributed by atoms with van der Waals surface area (Å²) >= 11 is 0. The topological polar surface area (TPSA) is 83.8 Å². The van der Waals surface area contributed by atoms with Crippen LogP contribution in [0.3, 0.4) is 0 Å². The van der Waals surface area contributed by atoms with Crippen LogP contribution in [0, 0.1) is 0 Å². The predicted octanol–water partition coefficient (Wildman–Crippen LogP) is 1.36. The third kappa shape index (κ3) is 2.84. The maximum absolute atomic E-state index is 10.6. The van der Waals surface area contributed by atoms with Gasteiger partial charge in [-0.05, 0) is 24.8 Å². The third-order valence-corrected chi connectivity index (χ3v) is 1.56. The fourth-order valence-corrected chi connectivity index (χ4v) is 0.879. The number of ether oxygens (including phenoxy) is 1. The molecule has 0 aliphatic rings. The highest BCUT2D eigenvalue weighted by atomic mass is 16.5. The van der Waals surface area contributed by atoms with Gasteiger partial charge in [-0.1, -0.05) is 6.07 Å². The van der Waals surface area contributed by atoms with E-state index in [1.807, 2.05) is 0 Å². The Balaban J connectivity index is 2.87. The number of hydrogen-bond donors (Lipinski definition) is 2. The average molecular weight is 208 g/mol. The highest BCUT2D eigenvalue weighted by molar-refractivity contribution is 5.88. The van der Waals surface area contributed by atoms with Crippen molar-refractivity contribution in [2.75, 3.05) is 0 Å². The minimum Gasteiger partial charge on any atom is -0.478 e. The molecule has 0 aromatic heterocycles. The van der Waals surface area contributed by atoms with Gasteiger partial charge in [0.05, 0.1) is 5.56 Å². The van der Waals surface area contributed by atoms with Crippen molar-refractivity contribution in [1.29, 1.82) is 0 Å². The normalized spacial score (nSPS) is 9.33. The first kappa shape index (κ1) is 10.8. The van der Waals surface area contributed by atoms with E-state index in [4.69, 9.17) is 14.9 Å². The summed E-state index contributed by atoms with van der Waals surface area (Å²) < 4.78 is 4.81. The molecule has 0 radical (unpaired) electrons. The number of carboxylic acids is 2. The Morgan fingerprint density at radius 2 is 1.93 bits per heavy atom. The molecule has 0 unspecified atom stereocenters. The predicted molar refractivity (Wildman–Crippen MR) is 50.8 cm³/mol. The molecule has 2 N–H and O–H groups in total. The SMILES string of the molecule is C=C(Oc1cccc(C(=O)O)c1)C(=O)O. The fraction of sp³-hybridized carbons (Fsp3) is 0. The molecule has 0 saturated heterocycles. The molecule has 5 nitrogen and oxygen atoms in total. The summed E-state index contributed by atoms with van der Waals surface area (Å²) in [6.07, 6.45) is 0. The van der Waals surface area contributed by atoms with Crippen LogP contribution in [-0.4, -0.2) is 22.2 Å². The van der Waals surface area contributed by atoms with Crippen LogP contribution in [-0.2, 0) is 4.79 Å². The first-order valence-electron chi connectivity index (χ1n) is 3.94. The molecule has 5 heteroatoms. The highest BCUT2D eigenvalue weighted by Gasteiger charge is 2.08. The summed E-state index contributed by atoms with van der Waals surface area (Å²) in [4.78, 5) is 21.0. The monoisotopic (exact) mass is 208 g/mol. The lowest BCUT2D eigenvalue weighted by atomic mass is 10.2. The van der Waals surface area contributed by atoms with Crippen LogP contribution in [0.25, 0.3) is 0 Å². The molecular weight excluding hydrogens is 200 g/mol. The summed E-state index contributed by atoms with van der Waals surface area (Å²) in [5.74, 6) is -2.74. The summed E-state index contributed by atoms with van der Waals surface area (Å²) in [6, 6.07) is 5.49. The Bertz CT molecular complexity index is 422. The lowest BCUT2D eigenvalue weighted by molar-refractivity contribution is -0.135. The molecule has 15 heavy (non-hydrogen) atoms. The van der Waals surface area contributed by atoms with E-state index >= 15 is 0 Å². The first-order chi connectivity index (χ1) is 7.00. The van der Waals surface area contributed by atoms with E-state index < -0.39 is 17.7 Å². The van der Waals surface area contributed by atoms with Crippen LogP contribution in [0.1, 0.15) is 10.4 Å². The van der Waals surface area contributed by atoms with Gasteiger partial charge in [0.25, 0.3) is 0 Å². The third-order valence-electron chi connectivity index (χ3n) is 1.56. The van der Waals surface area contributed by atoms with Crippen molar-refractivity contribution >= 4 is 11.9 Å². The molecule has 0 atom stereocenters. The molecule has 0 spiro atoms. The van der Waals surface area contributed by atoms with Crippen molar-refractivity contribution in [3.05, 3.63) is 42.2 Å². The molecule has 78 valence electrons. The molecule has 0 bridgehead atoms. The quantitative estimate of drug-likeness (QED) is 0.576. The van der Waals surface area contributed by atoms with Crippen LogP contribution in [0.4, 0.5) is 0 Å². The standard InChI is InChI=1S/C10H8O5/c1-6(9(11)12)15-8-4-2-3-7(5-8)10(13)14/h2-5H,1H2,(H,11,12)(H,13,14). The van der Waals surface area contributed by atoms with Gasteiger partial charge >= 0.3 is 11.9 Å². The Kier molecular flexibility index (Phi) is 3.07. The van der Waals surface area contributed by atoms with Gasteiger partial charge in [-0.15, -0.1) is 0 Å². The largest absolute Gasteiger partial charge is 0.478 e. The Hall–Kier alpha value is -2.30. The molecule has 0 saturated carbocycles. The summed E-state index contributed by atoms with van der Waals surface area (Å²) in [6.45, 7) is 3.15. The molecule has 1 aromatic rings. The van der Waals surface area contributed by atoms with Gasteiger partial charge in [0.2, 0.25) is 5.76 Å². The lowest BCUT2D eigenvalue weighted by Gasteiger charge is -2.04. The van der Waals surface area contributed by atoms with E-state index in [1.54, 1.807) is 0 Å². The van der Waals surface area contributed by atoms with Gasteiger partial charge < -0.3 is 14.9 Å². The summed E-state index contributed by atoms with van der Waals surface area (Å²) in [7, 11) is 0. The smallest absolute Gasteiger partial charge is 0.371 e. The Morgan fingerprint density at radius 3 is 2.47 bits per heavy atom. The van der Waals surface area contributed by atoms with Crippen LogP contribution in [0.5, 0.6) is 5.75 Å². The van der Waals surface area contributed by atoms with Gasteiger partial charge in [-0.3, -0.25) is 0 Å². The zero-order valence-corrected chi connectivity index (χ0v) is 7.64. The van der Waals surface area contributed by atoms with Gasteiger partial charge in [0, 0.05) is 0 Å². The number of aromatic carboxylic acids is 1. The molecule has 1 aromatic carbocycles. The molecule has 0 heterocycles. The highest BCUT2D eigenvalue weighted by Crippen LogP contribution is 2.15. The van der Waals surface area contributed by atoms with Crippen molar-refractivity contribution in [2.24, 2.45) is 0 Å². The van der Waals surface area contributed by atoms with Gasteiger partial charge in [0.15, 0.2) is 0 Å². The molecule has 0 aliphatic carbocycles. The number of aliphatic carboxylic acids is 1. The lowest BCUT2D eigenvalue weighted by Crippen LogP contribution is -2.06. The molecule has 1 rings (SSSR count). The zero-order chi connectivity index (χ0) is 11.4. The number of carbonyl (C=O) groups is 2. The maximum atomic E-state index is 10.6. The van der Waals surface area contributed by atoms with Crippen molar-refractivity contribution in [1.82, 2.24) is 0 Å². The van der Waals surface area contributed by atoms with Crippen molar-refractivity contribution in [2.45, 2.75) is 0 Å². The van der Waals surface area contributed by atoms with Gasteiger partial charge in [0.1, 0.15) is 5.75 Å². The second kappa shape index (κ2) is 4.28. The van der Waals surface area contributed by atoms with Crippen LogP contribution < -0.4 is 4.74 Å². The van der Waals surface area contributed by atoms with Gasteiger partial charge in [-0.2, -0.15) is 0 Å². The first-order valence-corrected chi connectivity index (χ1v) is 3.94. The summed E-state index contributed by atoms with van der Waals surface area (Å²) in [5, 5.41) is 17.1. The maximum Gasteiger partial charge on any atom is 0.371 e. The van der Waals surface area contributed by atoms with Crippen LogP contribution in [0.15, 0.2) is 36.6 Å². The molecule has 0 amide bonds. The molecule has 0 fully saturated rings. The van der Waals surface area contributed by atoms with E-state index in [0.29, 0.717) is 0 Å². The van der Waals surface area contributed by atoms with Crippen LogP contribution in [0.2, 0.25) is 0 Å². The second-order valence-corrected chi connectivity index (χ2v) is 2.66. The van der Waals surface area contributed by atoms with E-state index in [1.165, 1.54) is 24.3 Å². The minimum atomic E-state index is -1.30. The second-order valence-electron chi connectivity index (χ2n) is 2.66. The fourth-order valence-electron chi connectivity index (χ4n) is 0.879. The molecular formula is C10H8O5. The van der Waals surface area contributed by atoms with E-state index in [2.05, 4.69) is 6.58 Å². The number of hydrogen-bond acceptors (Lipinski definition) is 3. The van der Waals surface area contributed by atoms with Crippen LogP contribution >= 0.6 is 0 Å². The van der Waals surface area contributed by atoms with E-state index in [9.17, 15) is 9.59 Å². The Morgan fingerprint density at radius 1 is 1.27 bits per heavy atom. The average Bonchev–Trinajstić information content (AvgIpc) is 2.18. The van der Waals surface area contributed by atoms with Crippen molar-refractivity contribution < 1.29 is 24.5 Å². The minimum absolute atomic E-state index is 0.0192. The van der Waals surface area contributed by atoms with Crippen molar-refractivity contribution in [3.63, 3.8) is 0 Å².